The summed E-state index contributed by atoms with van der Waals surface area (Å²) in [5, 5.41) is 10.9. The molecule has 0 unspecified atom stereocenters. The Balaban J connectivity index is 1.91. The van der Waals surface area contributed by atoms with E-state index in [9.17, 15) is 13.7 Å². The van der Waals surface area contributed by atoms with Gasteiger partial charge in [-0.25, -0.2) is 13.1 Å². The van der Waals surface area contributed by atoms with Gasteiger partial charge in [0.05, 0.1) is 23.3 Å². The van der Waals surface area contributed by atoms with E-state index in [4.69, 9.17) is 4.74 Å². The molecule has 4 aromatic rings. The van der Waals surface area contributed by atoms with Gasteiger partial charge in [0, 0.05) is 17.4 Å². The second-order valence-corrected chi connectivity index (χ2v) is 9.16. The molecule has 0 aliphatic carbocycles. The lowest BCUT2D eigenvalue weighted by Gasteiger charge is -2.10. The number of benzene rings is 3. The summed E-state index contributed by atoms with van der Waals surface area (Å²) in [5.41, 5.74) is 5.08. The average Bonchev–Trinajstić information content (AvgIpc) is 3.16. The van der Waals surface area contributed by atoms with Crippen molar-refractivity contribution in [1.82, 2.24) is 9.29 Å². The molecule has 0 radical (unpaired) electrons. The molecule has 1 heterocycles. The first kappa shape index (κ1) is 21.6. The quantitative estimate of drug-likeness (QED) is 0.463. The maximum absolute atomic E-state index is 12.1. The van der Waals surface area contributed by atoms with Gasteiger partial charge in [0.15, 0.2) is 0 Å². The van der Waals surface area contributed by atoms with Crippen molar-refractivity contribution in [2.45, 2.75) is 18.4 Å². The number of nitrogens with one attached hydrogen (secondary N) is 1. The van der Waals surface area contributed by atoms with Crippen molar-refractivity contribution in [3.05, 3.63) is 72.3 Å². The fourth-order valence-corrected chi connectivity index (χ4v) is 4.72. The van der Waals surface area contributed by atoms with Crippen LogP contribution in [0.4, 0.5) is 0 Å². The Hall–Kier alpha value is -3.60. The van der Waals surface area contributed by atoms with Crippen LogP contribution in [-0.4, -0.2) is 27.1 Å². The van der Waals surface area contributed by atoms with Crippen molar-refractivity contribution in [1.29, 1.82) is 5.26 Å². The molecule has 0 saturated heterocycles. The Morgan fingerprint density at radius 3 is 2.31 bits per heavy atom. The van der Waals surface area contributed by atoms with E-state index in [-0.39, 0.29) is 4.90 Å². The van der Waals surface area contributed by atoms with Gasteiger partial charge in [-0.1, -0.05) is 30.3 Å². The lowest BCUT2D eigenvalue weighted by molar-refractivity contribution is 0.415. The number of methoxy groups -OCH3 is 1. The molecule has 3 aromatic carbocycles. The molecule has 1 aromatic heterocycles. The van der Waals surface area contributed by atoms with E-state index in [2.05, 4.69) is 15.4 Å². The maximum Gasteiger partial charge on any atom is 0.240 e. The number of hydrogen-bond acceptors (Lipinski definition) is 4. The van der Waals surface area contributed by atoms with Crippen LogP contribution in [0.5, 0.6) is 5.75 Å². The summed E-state index contributed by atoms with van der Waals surface area (Å²) in [6.07, 6.45) is 0. The summed E-state index contributed by atoms with van der Waals surface area (Å²) >= 11 is 0. The minimum absolute atomic E-state index is 0.182. The second kappa shape index (κ2) is 8.50. The third-order valence-electron chi connectivity index (χ3n) is 5.60. The lowest BCUT2D eigenvalue weighted by atomic mass is 10.0. The summed E-state index contributed by atoms with van der Waals surface area (Å²) in [6, 6.07) is 22.9. The van der Waals surface area contributed by atoms with Crippen LogP contribution in [-0.2, 0) is 16.6 Å². The molecular weight excluding hydrogens is 422 g/mol. The van der Waals surface area contributed by atoms with Crippen LogP contribution >= 0.6 is 0 Å². The van der Waals surface area contributed by atoms with Crippen molar-refractivity contribution in [3.8, 4) is 34.2 Å². The van der Waals surface area contributed by atoms with Crippen LogP contribution in [0.3, 0.4) is 0 Å². The molecule has 0 atom stereocenters. The Morgan fingerprint density at radius 1 is 1.00 bits per heavy atom. The summed E-state index contributed by atoms with van der Waals surface area (Å²) in [4.78, 5) is 0.182. The molecule has 0 aliphatic heterocycles. The van der Waals surface area contributed by atoms with Gasteiger partial charge in [-0.3, -0.25) is 0 Å². The van der Waals surface area contributed by atoms with Gasteiger partial charge in [0.1, 0.15) is 11.8 Å². The van der Waals surface area contributed by atoms with E-state index in [1.807, 2.05) is 49.4 Å². The SMILES string of the molecule is CCn1c(-c2ccc(S(=O)(=O)NC)cc2)c(C#N)c2cc(-c3cccc(OC)c3)ccc21. The van der Waals surface area contributed by atoms with E-state index in [1.165, 1.54) is 7.05 Å². The Morgan fingerprint density at radius 2 is 1.69 bits per heavy atom. The Labute approximate surface area is 187 Å². The second-order valence-electron chi connectivity index (χ2n) is 7.28. The molecule has 1 N–H and O–H groups in total. The topological polar surface area (TPSA) is 84.1 Å². The monoisotopic (exact) mass is 445 g/mol. The summed E-state index contributed by atoms with van der Waals surface area (Å²) in [5.74, 6) is 0.770. The van der Waals surface area contributed by atoms with Crippen molar-refractivity contribution in [3.63, 3.8) is 0 Å². The smallest absolute Gasteiger partial charge is 0.240 e. The van der Waals surface area contributed by atoms with Crippen LogP contribution in [0.15, 0.2) is 71.6 Å². The van der Waals surface area contributed by atoms with E-state index in [0.717, 1.165) is 39.0 Å². The fraction of sp³-hybridized carbons (Fsp3) is 0.160. The number of ether oxygens (including phenoxy) is 1. The zero-order valence-corrected chi connectivity index (χ0v) is 18.9. The molecule has 0 aliphatic rings. The molecule has 162 valence electrons. The molecule has 6 nitrogen and oxygen atoms in total. The van der Waals surface area contributed by atoms with E-state index >= 15 is 0 Å². The van der Waals surface area contributed by atoms with Gasteiger partial charge in [0.2, 0.25) is 10.0 Å². The minimum Gasteiger partial charge on any atom is -0.497 e. The Kier molecular flexibility index (Phi) is 5.74. The molecule has 0 saturated carbocycles. The van der Waals surface area contributed by atoms with Crippen LogP contribution in [0, 0.1) is 11.3 Å². The predicted octanol–water partition coefficient (Wildman–Crippen LogP) is 4.78. The van der Waals surface area contributed by atoms with Crippen LogP contribution in [0.25, 0.3) is 33.3 Å². The van der Waals surface area contributed by atoms with Crippen molar-refractivity contribution in [2.75, 3.05) is 14.2 Å². The largest absolute Gasteiger partial charge is 0.497 e. The number of nitrogens with zero attached hydrogens (tertiary/aromatic N) is 2. The minimum atomic E-state index is -3.53. The molecule has 0 spiro atoms. The number of hydrogen-bond donors (Lipinski definition) is 1. The molecular formula is C25H23N3O3S. The molecule has 7 heteroatoms. The molecule has 0 fully saturated rings. The standard InChI is InChI=1S/C25H23N3O3S/c1-4-28-24-13-10-19(18-6-5-7-20(14-18)31-3)15-22(24)23(16-26)25(28)17-8-11-21(12-9-17)32(29,30)27-2/h5-15,27H,4H2,1-3H3. The van der Waals surface area contributed by atoms with Crippen LogP contribution in [0.1, 0.15) is 12.5 Å². The first-order valence-corrected chi connectivity index (χ1v) is 11.7. The molecule has 0 bridgehead atoms. The van der Waals surface area contributed by atoms with Gasteiger partial charge in [-0.15, -0.1) is 0 Å². The van der Waals surface area contributed by atoms with Gasteiger partial charge < -0.3 is 9.30 Å². The number of nitriles is 1. The average molecular weight is 446 g/mol. The highest BCUT2D eigenvalue weighted by molar-refractivity contribution is 7.89. The molecule has 0 amide bonds. The summed E-state index contributed by atoms with van der Waals surface area (Å²) < 4.78 is 33.9. The van der Waals surface area contributed by atoms with Gasteiger partial charge in [0.25, 0.3) is 0 Å². The number of aromatic nitrogens is 1. The van der Waals surface area contributed by atoms with Gasteiger partial charge in [-0.05, 0) is 67.1 Å². The first-order valence-electron chi connectivity index (χ1n) is 10.2. The fourth-order valence-electron chi connectivity index (χ4n) is 3.99. The van der Waals surface area contributed by atoms with Crippen LogP contribution < -0.4 is 9.46 Å². The van der Waals surface area contributed by atoms with Gasteiger partial charge in [-0.2, -0.15) is 5.26 Å². The zero-order valence-electron chi connectivity index (χ0n) is 18.1. The third kappa shape index (κ3) is 3.64. The van der Waals surface area contributed by atoms with Crippen LogP contribution in [0.2, 0.25) is 0 Å². The summed E-state index contributed by atoms with van der Waals surface area (Å²) in [6.45, 7) is 2.70. The zero-order chi connectivity index (χ0) is 22.9. The highest BCUT2D eigenvalue weighted by Gasteiger charge is 2.20. The third-order valence-corrected chi connectivity index (χ3v) is 7.03. The number of aryl methyl sites for hydroxylation is 1. The lowest BCUT2D eigenvalue weighted by Crippen LogP contribution is -2.18. The highest BCUT2D eigenvalue weighted by atomic mass is 32.2. The number of sulfonamides is 1. The van der Waals surface area contributed by atoms with Crippen molar-refractivity contribution >= 4 is 20.9 Å². The highest BCUT2D eigenvalue weighted by Crippen LogP contribution is 2.36. The normalized spacial score (nSPS) is 11.4. The van der Waals surface area contributed by atoms with E-state index in [1.54, 1.807) is 31.4 Å². The van der Waals surface area contributed by atoms with Crippen molar-refractivity contribution < 1.29 is 13.2 Å². The first-order chi connectivity index (χ1) is 15.4. The van der Waals surface area contributed by atoms with Gasteiger partial charge >= 0.3 is 0 Å². The maximum atomic E-state index is 12.1. The number of rotatable bonds is 6. The Bertz CT molecular complexity index is 1450. The van der Waals surface area contributed by atoms with E-state index < -0.39 is 10.0 Å². The molecule has 32 heavy (non-hydrogen) atoms. The predicted molar refractivity (Wildman–Crippen MR) is 126 cm³/mol. The van der Waals surface area contributed by atoms with E-state index in [0.29, 0.717) is 12.1 Å². The number of fused-ring (bicyclic) bond motifs is 1. The van der Waals surface area contributed by atoms with Crippen molar-refractivity contribution in [2.24, 2.45) is 0 Å². The summed E-state index contributed by atoms with van der Waals surface area (Å²) in [7, 11) is -0.511. The molecule has 4 rings (SSSR count).